The average molecular weight is 321 g/mol. The summed E-state index contributed by atoms with van der Waals surface area (Å²) in [7, 11) is 3.57. The summed E-state index contributed by atoms with van der Waals surface area (Å²) >= 11 is 0. The number of phenols is 1. The maximum atomic E-state index is 12.5. The number of carbonyl (C=O) groups excluding carboxylic acids is 1. The van der Waals surface area contributed by atoms with Crippen LogP contribution in [0.5, 0.6) is 17.2 Å². The van der Waals surface area contributed by atoms with Gasteiger partial charge in [0.2, 0.25) is 5.78 Å². The van der Waals surface area contributed by atoms with E-state index in [0.29, 0.717) is 11.3 Å². The smallest absolute Gasteiger partial charge is 0.231 e. The third-order valence-electron chi connectivity index (χ3n) is 4.17. The number of Topliss-reactive ketones (excluding diaryl/α,β-unsaturated/α-hetero) is 1. The summed E-state index contributed by atoms with van der Waals surface area (Å²) in [5, 5.41) is 10.5. The Balaban J connectivity index is 1.82. The molecule has 0 bridgehead atoms. The van der Waals surface area contributed by atoms with Gasteiger partial charge in [0.1, 0.15) is 17.2 Å². The molecule has 1 aliphatic rings. The van der Waals surface area contributed by atoms with E-state index in [2.05, 4.69) is 0 Å². The molecule has 5 nitrogen and oxygen atoms in total. The average Bonchev–Trinajstić information content (AvgIpc) is 3.05. The van der Waals surface area contributed by atoms with E-state index in [0.717, 1.165) is 22.2 Å². The lowest BCUT2D eigenvalue weighted by atomic mass is 10.1. The van der Waals surface area contributed by atoms with Crippen LogP contribution in [0, 0.1) is 0 Å². The van der Waals surface area contributed by atoms with Gasteiger partial charge in [-0.25, -0.2) is 0 Å². The summed E-state index contributed by atoms with van der Waals surface area (Å²) in [5.74, 6) is 1.25. The number of aryl methyl sites for hydroxylation is 1. The minimum atomic E-state index is -0.190. The van der Waals surface area contributed by atoms with Gasteiger partial charge in [0.15, 0.2) is 5.76 Å². The lowest BCUT2D eigenvalue weighted by Crippen LogP contribution is -1.97. The van der Waals surface area contributed by atoms with Gasteiger partial charge in [-0.05, 0) is 36.4 Å². The number of aromatic hydroxyl groups is 1. The van der Waals surface area contributed by atoms with E-state index in [4.69, 9.17) is 9.47 Å². The molecule has 0 saturated carbocycles. The van der Waals surface area contributed by atoms with E-state index in [1.54, 1.807) is 19.3 Å². The third kappa shape index (κ3) is 2.13. The van der Waals surface area contributed by atoms with Crippen LogP contribution in [0.3, 0.4) is 0 Å². The fraction of sp³-hybridized carbons (Fsp3) is 0.105. The highest BCUT2D eigenvalue weighted by Gasteiger charge is 2.27. The van der Waals surface area contributed by atoms with Crippen LogP contribution in [0.15, 0.2) is 48.4 Å². The van der Waals surface area contributed by atoms with Crippen LogP contribution in [0.4, 0.5) is 0 Å². The van der Waals surface area contributed by atoms with Crippen LogP contribution >= 0.6 is 0 Å². The fourth-order valence-corrected chi connectivity index (χ4v) is 2.96. The van der Waals surface area contributed by atoms with Crippen molar-refractivity contribution in [2.24, 2.45) is 7.05 Å². The molecule has 3 aromatic rings. The van der Waals surface area contributed by atoms with E-state index >= 15 is 0 Å². The predicted octanol–water partition coefficient (Wildman–Crippen LogP) is 3.51. The van der Waals surface area contributed by atoms with Gasteiger partial charge in [0.05, 0.1) is 12.7 Å². The van der Waals surface area contributed by atoms with Gasteiger partial charge in [-0.15, -0.1) is 0 Å². The van der Waals surface area contributed by atoms with Crippen LogP contribution in [0.25, 0.3) is 17.0 Å². The maximum absolute atomic E-state index is 12.5. The summed E-state index contributed by atoms with van der Waals surface area (Å²) in [5.41, 5.74) is 2.35. The van der Waals surface area contributed by atoms with Crippen molar-refractivity contribution in [3.63, 3.8) is 0 Å². The second kappa shape index (κ2) is 5.16. The summed E-state index contributed by atoms with van der Waals surface area (Å²) in [4.78, 5) is 12.5. The molecule has 0 spiro atoms. The minimum absolute atomic E-state index is 0.0673. The second-order valence-electron chi connectivity index (χ2n) is 5.70. The number of allylic oxidation sites excluding steroid dienone is 1. The van der Waals surface area contributed by atoms with Crippen LogP contribution < -0.4 is 9.47 Å². The zero-order chi connectivity index (χ0) is 16.8. The van der Waals surface area contributed by atoms with Gasteiger partial charge in [0, 0.05) is 35.8 Å². The second-order valence-corrected chi connectivity index (χ2v) is 5.70. The zero-order valence-electron chi connectivity index (χ0n) is 13.2. The molecule has 1 aliphatic heterocycles. The maximum Gasteiger partial charge on any atom is 0.231 e. The number of methoxy groups -OCH3 is 1. The first kappa shape index (κ1) is 14.4. The Hall–Kier alpha value is -3.21. The Morgan fingerprint density at radius 1 is 1.21 bits per heavy atom. The van der Waals surface area contributed by atoms with Gasteiger partial charge < -0.3 is 19.1 Å². The number of ether oxygens (including phenoxy) is 2. The van der Waals surface area contributed by atoms with Crippen molar-refractivity contribution >= 4 is 22.8 Å². The molecule has 120 valence electrons. The van der Waals surface area contributed by atoms with Crippen LogP contribution in [-0.4, -0.2) is 22.6 Å². The van der Waals surface area contributed by atoms with Crippen molar-refractivity contribution in [2.45, 2.75) is 0 Å². The Kier molecular flexibility index (Phi) is 3.09. The number of hydrogen-bond donors (Lipinski definition) is 1. The van der Waals surface area contributed by atoms with Gasteiger partial charge >= 0.3 is 0 Å². The molecule has 0 saturated heterocycles. The lowest BCUT2D eigenvalue weighted by Gasteiger charge is -2.01. The number of ketones is 1. The number of fused-ring (bicyclic) bond motifs is 2. The van der Waals surface area contributed by atoms with Gasteiger partial charge in [0.25, 0.3) is 0 Å². The number of nitrogens with zero attached hydrogens (tertiary/aromatic N) is 1. The van der Waals surface area contributed by atoms with E-state index in [9.17, 15) is 9.90 Å². The number of phenolic OH excluding ortho intramolecular Hbond substituents is 1. The molecule has 1 N–H and O–H groups in total. The Morgan fingerprint density at radius 2 is 2.04 bits per heavy atom. The molecule has 0 fully saturated rings. The summed E-state index contributed by atoms with van der Waals surface area (Å²) < 4.78 is 12.9. The molecular formula is C19H15NO4. The number of aromatic nitrogens is 1. The quantitative estimate of drug-likeness (QED) is 0.734. The molecule has 2 heterocycles. The number of carbonyl (C=O) groups is 1. The first-order chi connectivity index (χ1) is 11.6. The van der Waals surface area contributed by atoms with Gasteiger partial charge in [-0.2, -0.15) is 0 Å². The van der Waals surface area contributed by atoms with Crippen molar-refractivity contribution in [1.29, 1.82) is 0 Å². The van der Waals surface area contributed by atoms with E-state index < -0.39 is 0 Å². The molecule has 2 aromatic carbocycles. The first-order valence-corrected chi connectivity index (χ1v) is 7.47. The highest BCUT2D eigenvalue weighted by atomic mass is 16.5. The van der Waals surface area contributed by atoms with Gasteiger partial charge in [-0.3, -0.25) is 4.79 Å². The van der Waals surface area contributed by atoms with Crippen molar-refractivity contribution in [1.82, 2.24) is 4.57 Å². The molecule has 0 aliphatic carbocycles. The lowest BCUT2D eigenvalue weighted by molar-refractivity contribution is 0.101. The monoisotopic (exact) mass is 321 g/mol. The summed E-state index contributed by atoms with van der Waals surface area (Å²) in [6, 6.07) is 10.3. The van der Waals surface area contributed by atoms with Crippen molar-refractivity contribution in [2.75, 3.05) is 7.11 Å². The molecular weight excluding hydrogens is 306 g/mol. The van der Waals surface area contributed by atoms with E-state index in [1.807, 2.05) is 36.0 Å². The number of rotatable bonds is 2. The first-order valence-electron chi connectivity index (χ1n) is 7.47. The molecule has 0 amide bonds. The van der Waals surface area contributed by atoms with Gasteiger partial charge in [-0.1, -0.05) is 0 Å². The number of benzene rings is 2. The fourth-order valence-electron chi connectivity index (χ4n) is 2.96. The number of hydrogen-bond acceptors (Lipinski definition) is 4. The van der Waals surface area contributed by atoms with Crippen molar-refractivity contribution in [3.8, 4) is 17.2 Å². The molecule has 0 unspecified atom stereocenters. The van der Waals surface area contributed by atoms with Crippen molar-refractivity contribution in [3.05, 3.63) is 59.5 Å². The molecule has 0 radical (unpaired) electrons. The van der Waals surface area contributed by atoms with Crippen molar-refractivity contribution < 1.29 is 19.4 Å². The zero-order valence-corrected chi connectivity index (χ0v) is 13.2. The minimum Gasteiger partial charge on any atom is -0.508 e. The van der Waals surface area contributed by atoms with Crippen LogP contribution in [0.1, 0.15) is 15.9 Å². The largest absolute Gasteiger partial charge is 0.508 e. The Bertz CT molecular complexity index is 1010. The molecule has 24 heavy (non-hydrogen) atoms. The Labute approximate surface area is 138 Å². The highest BCUT2D eigenvalue weighted by Crippen LogP contribution is 2.35. The predicted molar refractivity (Wildman–Crippen MR) is 90.5 cm³/mol. The molecule has 5 heteroatoms. The normalized spacial score (nSPS) is 14.9. The standard InChI is InChI=1S/C19H15NO4/c1-20-10-11(15-9-13(23-2)4-6-16(15)20)7-18-19(22)14-5-3-12(21)8-17(14)24-18/h3-10,21H,1-2H3. The SMILES string of the molecule is COc1ccc2c(c1)c(C=C1Oc3cc(O)ccc3C1=O)cn2C. The van der Waals surface area contributed by atoms with E-state index in [-0.39, 0.29) is 17.3 Å². The highest BCUT2D eigenvalue weighted by molar-refractivity contribution is 6.15. The van der Waals surface area contributed by atoms with E-state index in [1.165, 1.54) is 12.1 Å². The Morgan fingerprint density at radius 3 is 2.83 bits per heavy atom. The summed E-state index contributed by atoms with van der Waals surface area (Å²) in [6.07, 6.45) is 3.66. The molecule has 1 aromatic heterocycles. The third-order valence-corrected chi connectivity index (χ3v) is 4.17. The summed E-state index contributed by atoms with van der Waals surface area (Å²) in [6.45, 7) is 0. The van der Waals surface area contributed by atoms with Crippen LogP contribution in [-0.2, 0) is 7.05 Å². The topological polar surface area (TPSA) is 60.7 Å². The van der Waals surface area contributed by atoms with Crippen LogP contribution in [0.2, 0.25) is 0 Å². The molecule has 4 rings (SSSR count). The molecule has 0 atom stereocenters.